The first-order valence-electron chi connectivity index (χ1n) is 5.74. The third-order valence-electron chi connectivity index (χ3n) is 2.54. The second-order valence-corrected chi connectivity index (χ2v) is 4.65. The van der Waals surface area contributed by atoms with Crippen molar-refractivity contribution in [2.24, 2.45) is 0 Å². The van der Waals surface area contributed by atoms with E-state index in [0.717, 1.165) is 0 Å². The van der Waals surface area contributed by atoms with Crippen molar-refractivity contribution >= 4 is 17.3 Å². The minimum Gasteiger partial charge on any atom is -0.399 e. The van der Waals surface area contributed by atoms with Gasteiger partial charge in [0.25, 0.3) is 0 Å². The highest BCUT2D eigenvalue weighted by Crippen LogP contribution is 2.25. The highest BCUT2D eigenvalue weighted by atomic mass is 35.5. The zero-order valence-electron chi connectivity index (χ0n) is 10.2. The molecule has 1 aromatic carbocycles. The molecule has 1 aromatic heterocycles. The van der Waals surface area contributed by atoms with Gasteiger partial charge in [0.05, 0.1) is 0 Å². The molecular formula is C11H11ClF3N5. The zero-order chi connectivity index (χ0) is 14.8. The summed E-state index contributed by atoms with van der Waals surface area (Å²) in [5, 5.41) is 11.3. The number of rotatable bonds is 4. The third kappa shape index (κ3) is 3.83. The van der Waals surface area contributed by atoms with Crippen LogP contribution in [0.25, 0.3) is 11.4 Å². The predicted octanol–water partition coefficient (Wildman–Crippen LogP) is 2.92. The van der Waals surface area contributed by atoms with E-state index in [-0.39, 0.29) is 13.0 Å². The van der Waals surface area contributed by atoms with Crippen molar-refractivity contribution in [2.75, 3.05) is 5.73 Å². The lowest BCUT2D eigenvalue weighted by atomic mass is 10.2. The fourth-order valence-corrected chi connectivity index (χ4v) is 1.98. The smallest absolute Gasteiger partial charge is 0.389 e. The van der Waals surface area contributed by atoms with E-state index in [1.165, 1.54) is 4.68 Å². The van der Waals surface area contributed by atoms with Crippen LogP contribution in [-0.4, -0.2) is 26.4 Å². The van der Waals surface area contributed by atoms with Crippen LogP contribution in [0.2, 0.25) is 5.02 Å². The minimum atomic E-state index is -4.19. The van der Waals surface area contributed by atoms with Gasteiger partial charge in [-0.15, -0.1) is 5.10 Å². The molecule has 9 heteroatoms. The Balaban J connectivity index is 2.16. The Morgan fingerprint density at radius 3 is 2.65 bits per heavy atom. The van der Waals surface area contributed by atoms with Gasteiger partial charge in [-0.1, -0.05) is 11.6 Å². The van der Waals surface area contributed by atoms with E-state index in [4.69, 9.17) is 17.3 Å². The summed E-state index contributed by atoms with van der Waals surface area (Å²) in [5.41, 5.74) is 6.65. The molecule has 2 aromatic rings. The lowest BCUT2D eigenvalue weighted by Gasteiger charge is -2.07. The Bertz CT molecular complexity index is 576. The molecule has 2 rings (SSSR count). The number of nitrogens with zero attached hydrogens (tertiary/aromatic N) is 4. The summed E-state index contributed by atoms with van der Waals surface area (Å²) < 4.78 is 37.7. The SMILES string of the molecule is Nc1cc(Cl)cc(-c2nnnn2CCCC(F)(F)F)c1. The van der Waals surface area contributed by atoms with Crippen LogP contribution < -0.4 is 5.73 Å². The third-order valence-corrected chi connectivity index (χ3v) is 2.76. The van der Waals surface area contributed by atoms with Gasteiger partial charge in [0.2, 0.25) is 0 Å². The monoisotopic (exact) mass is 305 g/mol. The first-order chi connectivity index (χ1) is 9.35. The number of alkyl halides is 3. The first kappa shape index (κ1) is 14.6. The number of nitrogen functional groups attached to an aromatic ring is 1. The molecule has 0 saturated carbocycles. The van der Waals surface area contributed by atoms with Crippen LogP contribution in [0.1, 0.15) is 12.8 Å². The van der Waals surface area contributed by atoms with Gasteiger partial charge in [-0.3, -0.25) is 0 Å². The van der Waals surface area contributed by atoms with Crippen LogP contribution >= 0.6 is 11.6 Å². The van der Waals surface area contributed by atoms with Gasteiger partial charge in [-0.2, -0.15) is 13.2 Å². The normalized spacial score (nSPS) is 11.8. The van der Waals surface area contributed by atoms with Crippen molar-refractivity contribution in [3.8, 4) is 11.4 Å². The van der Waals surface area contributed by atoms with Crippen LogP contribution in [0.15, 0.2) is 18.2 Å². The molecule has 20 heavy (non-hydrogen) atoms. The van der Waals surface area contributed by atoms with Gasteiger partial charge in [0, 0.05) is 29.2 Å². The van der Waals surface area contributed by atoms with E-state index in [0.29, 0.717) is 22.1 Å². The van der Waals surface area contributed by atoms with Gasteiger partial charge in [-0.25, -0.2) is 4.68 Å². The Morgan fingerprint density at radius 1 is 1.25 bits per heavy atom. The molecule has 0 aliphatic heterocycles. The number of anilines is 1. The lowest BCUT2D eigenvalue weighted by molar-refractivity contribution is -0.136. The number of halogens is 4. The molecule has 1 heterocycles. The van der Waals surface area contributed by atoms with Gasteiger partial charge in [0.1, 0.15) is 0 Å². The molecule has 0 fully saturated rings. The first-order valence-corrected chi connectivity index (χ1v) is 6.12. The quantitative estimate of drug-likeness (QED) is 0.882. The summed E-state index contributed by atoms with van der Waals surface area (Å²) in [6, 6.07) is 4.77. The molecule has 0 amide bonds. The van der Waals surface area contributed by atoms with Crippen LogP contribution in [0, 0.1) is 0 Å². The number of hydrogen-bond donors (Lipinski definition) is 1. The van der Waals surface area contributed by atoms with E-state index in [9.17, 15) is 13.2 Å². The second-order valence-electron chi connectivity index (χ2n) is 4.22. The maximum Gasteiger partial charge on any atom is 0.389 e. The van der Waals surface area contributed by atoms with E-state index >= 15 is 0 Å². The summed E-state index contributed by atoms with van der Waals surface area (Å²) in [6.45, 7) is 0.0638. The highest BCUT2D eigenvalue weighted by Gasteiger charge is 2.26. The van der Waals surface area contributed by atoms with Crippen molar-refractivity contribution in [3.05, 3.63) is 23.2 Å². The van der Waals surface area contributed by atoms with Crippen LogP contribution in [0.3, 0.4) is 0 Å². The summed E-state index contributed by atoms with van der Waals surface area (Å²) >= 11 is 5.88. The summed E-state index contributed by atoms with van der Waals surface area (Å²) in [4.78, 5) is 0. The van der Waals surface area contributed by atoms with Gasteiger partial charge < -0.3 is 5.73 Å². The number of aryl methyl sites for hydroxylation is 1. The minimum absolute atomic E-state index is 0.0638. The van der Waals surface area contributed by atoms with Crippen molar-refractivity contribution in [1.29, 1.82) is 0 Å². The fourth-order valence-electron chi connectivity index (χ4n) is 1.73. The molecule has 0 unspecified atom stereocenters. The van der Waals surface area contributed by atoms with Gasteiger partial charge in [0.15, 0.2) is 5.82 Å². The number of tetrazole rings is 1. The maximum atomic E-state index is 12.1. The molecular weight excluding hydrogens is 295 g/mol. The molecule has 2 N–H and O–H groups in total. The number of nitrogens with two attached hydrogens (primary N) is 1. The molecule has 0 aliphatic carbocycles. The molecule has 5 nitrogen and oxygen atoms in total. The largest absolute Gasteiger partial charge is 0.399 e. The Labute approximate surface area is 117 Å². The molecule has 0 saturated heterocycles. The molecule has 0 aliphatic rings. The van der Waals surface area contributed by atoms with Gasteiger partial charge in [-0.05, 0) is 35.0 Å². The summed E-state index contributed by atoms with van der Waals surface area (Å²) in [6.07, 6.45) is -5.17. The Kier molecular flexibility index (Phi) is 4.12. The predicted molar refractivity (Wildman–Crippen MR) is 68.0 cm³/mol. The average molecular weight is 306 g/mol. The second kappa shape index (κ2) is 5.66. The summed E-state index contributed by atoms with van der Waals surface area (Å²) in [5.74, 6) is 0.335. The topological polar surface area (TPSA) is 69.6 Å². The average Bonchev–Trinajstić information content (AvgIpc) is 2.74. The van der Waals surface area contributed by atoms with E-state index in [1.807, 2.05) is 0 Å². The van der Waals surface area contributed by atoms with E-state index in [2.05, 4.69) is 15.5 Å². The molecule has 0 bridgehead atoms. The van der Waals surface area contributed by atoms with Crippen LogP contribution in [-0.2, 0) is 6.54 Å². The van der Waals surface area contributed by atoms with Crippen molar-refractivity contribution in [3.63, 3.8) is 0 Å². The van der Waals surface area contributed by atoms with Crippen molar-refractivity contribution < 1.29 is 13.2 Å². The molecule has 0 radical (unpaired) electrons. The Hall–Kier alpha value is -1.83. The number of hydrogen-bond acceptors (Lipinski definition) is 4. The van der Waals surface area contributed by atoms with Gasteiger partial charge >= 0.3 is 6.18 Å². The molecule has 0 spiro atoms. The lowest BCUT2D eigenvalue weighted by Crippen LogP contribution is -2.10. The van der Waals surface area contributed by atoms with E-state index < -0.39 is 12.6 Å². The Morgan fingerprint density at radius 2 is 2.00 bits per heavy atom. The van der Waals surface area contributed by atoms with Crippen molar-refractivity contribution in [1.82, 2.24) is 20.2 Å². The summed E-state index contributed by atoms with van der Waals surface area (Å²) in [7, 11) is 0. The number of benzene rings is 1. The van der Waals surface area contributed by atoms with E-state index in [1.54, 1.807) is 18.2 Å². The number of aromatic nitrogens is 4. The maximum absolute atomic E-state index is 12.1. The van der Waals surface area contributed by atoms with Crippen LogP contribution in [0.5, 0.6) is 0 Å². The van der Waals surface area contributed by atoms with Crippen molar-refractivity contribution in [2.45, 2.75) is 25.6 Å². The van der Waals surface area contributed by atoms with Crippen LogP contribution in [0.4, 0.5) is 18.9 Å². The standard InChI is InChI=1S/C11H11ClF3N5/c12-8-4-7(5-9(16)6-8)10-17-18-19-20(10)3-1-2-11(13,14)15/h4-6H,1-3,16H2. The molecule has 108 valence electrons. The zero-order valence-corrected chi connectivity index (χ0v) is 11.0. The highest BCUT2D eigenvalue weighted by molar-refractivity contribution is 6.31. The fraction of sp³-hybridized carbons (Fsp3) is 0.364. The molecule has 0 atom stereocenters.